The van der Waals surface area contributed by atoms with Crippen molar-refractivity contribution >= 4 is 51.7 Å². The van der Waals surface area contributed by atoms with Gasteiger partial charge < -0.3 is 15.7 Å². The number of hydrogen-bond acceptors (Lipinski definition) is 7. The molecular weight excluding hydrogens is 459 g/mol. The number of carboxylic acids is 1. The summed E-state index contributed by atoms with van der Waals surface area (Å²) in [6.45, 7) is 0.496. The Morgan fingerprint density at radius 3 is 2.72 bits per heavy atom. The highest BCUT2D eigenvalue weighted by Gasteiger charge is 2.19. The highest BCUT2D eigenvalue weighted by molar-refractivity contribution is 7.13. The Morgan fingerprint density at radius 2 is 2.00 bits per heavy atom. The van der Waals surface area contributed by atoms with E-state index in [0.29, 0.717) is 29.0 Å². The van der Waals surface area contributed by atoms with Crippen LogP contribution in [-0.2, 0) is 20.1 Å². The van der Waals surface area contributed by atoms with Gasteiger partial charge >= 0.3 is 5.97 Å². The van der Waals surface area contributed by atoms with E-state index >= 15 is 0 Å². The fourth-order valence-electron chi connectivity index (χ4n) is 3.04. The number of anilines is 1. The zero-order chi connectivity index (χ0) is 22.8. The standard InChI is InChI=1S/C20H16ClFN6O3S/c1-28-18(23-8-11-3-5-14(32-11)20(30)31)16-15(27-28)17(26-9-25-16)19(29)24-7-10-2-4-13(22)12(21)6-10/h2-6,9,23H,7-8H2,1H3,(H,24,29)(H,30,31). The van der Waals surface area contributed by atoms with Gasteiger partial charge in [0.25, 0.3) is 5.91 Å². The number of aromatic carboxylic acids is 1. The van der Waals surface area contributed by atoms with Crippen LogP contribution in [0, 0.1) is 5.82 Å². The summed E-state index contributed by atoms with van der Waals surface area (Å²) in [6, 6.07) is 7.48. The first-order chi connectivity index (χ1) is 15.3. The smallest absolute Gasteiger partial charge is 0.345 e. The first kappa shape index (κ1) is 21.7. The Bertz CT molecular complexity index is 1340. The lowest BCUT2D eigenvalue weighted by Crippen LogP contribution is -2.24. The minimum Gasteiger partial charge on any atom is -0.477 e. The number of benzene rings is 1. The number of rotatable bonds is 7. The topological polar surface area (TPSA) is 122 Å². The Labute approximate surface area is 189 Å². The first-order valence-corrected chi connectivity index (χ1v) is 10.5. The third-order valence-electron chi connectivity index (χ3n) is 4.57. The fourth-order valence-corrected chi connectivity index (χ4v) is 4.03. The molecule has 9 nitrogen and oxygen atoms in total. The van der Waals surface area contributed by atoms with Crippen molar-refractivity contribution in [3.05, 3.63) is 68.5 Å². The summed E-state index contributed by atoms with van der Waals surface area (Å²) in [5.74, 6) is -1.41. The van der Waals surface area contributed by atoms with Gasteiger partial charge in [-0.05, 0) is 29.8 Å². The van der Waals surface area contributed by atoms with Gasteiger partial charge in [0.1, 0.15) is 28.1 Å². The van der Waals surface area contributed by atoms with E-state index in [2.05, 4.69) is 25.7 Å². The van der Waals surface area contributed by atoms with E-state index in [4.69, 9.17) is 16.7 Å². The van der Waals surface area contributed by atoms with Crippen LogP contribution in [0.5, 0.6) is 0 Å². The second kappa shape index (κ2) is 8.89. The molecule has 0 aliphatic rings. The zero-order valence-corrected chi connectivity index (χ0v) is 18.2. The molecule has 0 saturated carbocycles. The SMILES string of the molecule is Cn1nc2c(C(=O)NCc3ccc(F)c(Cl)c3)ncnc2c1NCc1ccc(C(=O)O)s1. The molecule has 3 heterocycles. The molecule has 0 atom stereocenters. The number of aryl methyl sites for hydroxylation is 1. The molecule has 0 bridgehead atoms. The second-order valence-electron chi connectivity index (χ2n) is 6.75. The van der Waals surface area contributed by atoms with E-state index < -0.39 is 17.7 Å². The number of carbonyl (C=O) groups is 2. The number of halogens is 2. The van der Waals surface area contributed by atoms with Crippen LogP contribution in [0.4, 0.5) is 10.2 Å². The molecule has 0 fully saturated rings. The predicted molar refractivity (Wildman–Crippen MR) is 117 cm³/mol. The maximum Gasteiger partial charge on any atom is 0.345 e. The van der Waals surface area contributed by atoms with Crippen molar-refractivity contribution in [2.75, 3.05) is 5.32 Å². The number of nitrogens with zero attached hydrogens (tertiary/aromatic N) is 4. The van der Waals surface area contributed by atoms with Crippen molar-refractivity contribution in [3.63, 3.8) is 0 Å². The van der Waals surface area contributed by atoms with Crippen molar-refractivity contribution in [2.45, 2.75) is 13.1 Å². The number of hydrogen-bond donors (Lipinski definition) is 3. The molecule has 3 aromatic heterocycles. The molecule has 0 saturated heterocycles. The van der Waals surface area contributed by atoms with Crippen LogP contribution in [0.3, 0.4) is 0 Å². The Kier molecular flexibility index (Phi) is 6.01. The maximum atomic E-state index is 13.3. The van der Waals surface area contributed by atoms with Crippen LogP contribution in [0.15, 0.2) is 36.7 Å². The molecule has 4 aromatic rings. The molecule has 1 aromatic carbocycles. The number of carboxylic acid groups (broad SMARTS) is 1. The van der Waals surface area contributed by atoms with E-state index in [0.717, 1.165) is 4.88 Å². The van der Waals surface area contributed by atoms with Crippen molar-refractivity contribution in [3.8, 4) is 0 Å². The summed E-state index contributed by atoms with van der Waals surface area (Å²) in [4.78, 5) is 33.2. The van der Waals surface area contributed by atoms with Crippen LogP contribution in [0.1, 0.15) is 30.6 Å². The number of amides is 1. The number of thiophene rings is 1. The summed E-state index contributed by atoms with van der Waals surface area (Å²) in [6.07, 6.45) is 1.27. The lowest BCUT2D eigenvalue weighted by atomic mass is 10.2. The molecule has 0 unspecified atom stereocenters. The average Bonchev–Trinajstić information content (AvgIpc) is 3.36. The van der Waals surface area contributed by atoms with Gasteiger partial charge in [-0.15, -0.1) is 11.3 Å². The van der Waals surface area contributed by atoms with Crippen LogP contribution >= 0.6 is 22.9 Å². The quantitative estimate of drug-likeness (QED) is 0.375. The van der Waals surface area contributed by atoms with Gasteiger partial charge in [0, 0.05) is 18.5 Å². The molecular formula is C20H16ClFN6O3S. The number of nitrogens with one attached hydrogen (secondary N) is 2. The normalized spacial score (nSPS) is 11.0. The largest absolute Gasteiger partial charge is 0.477 e. The molecule has 4 rings (SSSR count). The van der Waals surface area contributed by atoms with E-state index in [9.17, 15) is 14.0 Å². The second-order valence-corrected chi connectivity index (χ2v) is 8.32. The number of carbonyl (C=O) groups excluding carboxylic acids is 1. The molecule has 32 heavy (non-hydrogen) atoms. The van der Waals surface area contributed by atoms with Crippen LogP contribution in [0.2, 0.25) is 5.02 Å². The lowest BCUT2D eigenvalue weighted by Gasteiger charge is -2.06. The van der Waals surface area contributed by atoms with E-state index in [1.165, 1.54) is 35.9 Å². The van der Waals surface area contributed by atoms with Gasteiger partial charge in [0.05, 0.1) is 11.6 Å². The van der Waals surface area contributed by atoms with Gasteiger partial charge in [-0.2, -0.15) is 5.10 Å². The summed E-state index contributed by atoms with van der Waals surface area (Å²) in [7, 11) is 1.70. The summed E-state index contributed by atoms with van der Waals surface area (Å²) >= 11 is 6.95. The molecule has 0 spiro atoms. The van der Waals surface area contributed by atoms with E-state index in [1.54, 1.807) is 23.9 Å². The molecule has 3 N–H and O–H groups in total. The molecule has 0 aliphatic carbocycles. The maximum absolute atomic E-state index is 13.3. The fraction of sp³-hybridized carbons (Fsp3) is 0.150. The number of fused-ring (bicyclic) bond motifs is 1. The van der Waals surface area contributed by atoms with Crippen molar-refractivity contribution in [1.29, 1.82) is 0 Å². The third kappa shape index (κ3) is 4.39. The predicted octanol–water partition coefficient (Wildman–Crippen LogP) is 3.46. The first-order valence-electron chi connectivity index (χ1n) is 9.29. The Balaban J connectivity index is 1.52. The highest BCUT2D eigenvalue weighted by Crippen LogP contribution is 2.24. The van der Waals surface area contributed by atoms with Crippen molar-refractivity contribution in [2.24, 2.45) is 7.05 Å². The molecule has 164 valence electrons. The number of aromatic nitrogens is 4. The summed E-state index contributed by atoms with van der Waals surface area (Å²) in [5.41, 5.74) is 1.49. The Morgan fingerprint density at radius 1 is 1.19 bits per heavy atom. The van der Waals surface area contributed by atoms with Gasteiger partial charge in [-0.25, -0.2) is 19.2 Å². The molecule has 0 radical (unpaired) electrons. The van der Waals surface area contributed by atoms with Gasteiger partial charge in [-0.1, -0.05) is 17.7 Å². The van der Waals surface area contributed by atoms with Crippen LogP contribution < -0.4 is 10.6 Å². The van der Waals surface area contributed by atoms with E-state index in [1.807, 2.05) is 0 Å². The monoisotopic (exact) mass is 474 g/mol. The minimum absolute atomic E-state index is 0.0252. The molecule has 1 amide bonds. The highest BCUT2D eigenvalue weighted by atomic mass is 35.5. The Hall–Kier alpha value is -3.57. The zero-order valence-electron chi connectivity index (χ0n) is 16.6. The summed E-state index contributed by atoms with van der Waals surface area (Å²) in [5, 5.41) is 19.3. The minimum atomic E-state index is -0.974. The van der Waals surface area contributed by atoms with E-state index in [-0.39, 0.29) is 22.1 Å². The van der Waals surface area contributed by atoms with Gasteiger partial charge in [0.2, 0.25) is 0 Å². The molecule has 0 aliphatic heterocycles. The third-order valence-corrected chi connectivity index (χ3v) is 5.94. The average molecular weight is 475 g/mol. The van der Waals surface area contributed by atoms with Crippen LogP contribution in [-0.4, -0.2) is 36.7 Å². The lowest BCUT2D eigenvalue weighted by molar-refractivity contribution is 0.0702. The summed E-state index contributed by atoms with van der Waals surface area (Å²) < 4.78 is 14.8. The van der Waals surface area contributed by atoms with Gasteiger partial charge in [0.15, 0.2) is 11.5 Å². The van der Waals surface area contributed by atoms with Crippen molar-refractivity contribution < 1.29 is 19.1 Å². The molecule has 12 heteroatoms. The van der Waals surface area contributed by atoms with Gasteiger partial charge in [-0.3, -0.25) is 9.48 Å². The van der Waals surface area contributed by atoms with Crippen LogP contribution in [0.25, 0.3) is 11.0 Å². The van der Waals surface area contributed by atoms with Crippen molar-refractivity contribution in [1.82, 2.24) is 25.1 Å².